The van der Waals surface area contributed by atoms with Crippen LogP contribution in [0.5, 0.6) is 0 Å². The van der Waals surface area contributed by atoms with Crippen LogP contribution in [0.3, 0.4) is 0 Å². The van der Waals surface area contributed by atoms with E-state index in [1.54, 1.807) is 24.3 Å². The van der Waals surface area contributed by atoms with Gasteiger partial charge in [0.2, 0.25) is 0 Å². The summed E-state index contributed by atoms with van der Waals surface area (Å²) in [5, 5.41) is 9.54. The smallest absolute Gasteiger partial charge is 0.197 e. The Kier molecular flexibility index (Phi) is 3.34. The zero-order valence-corrected chi connectivity index (χ0v) is 12.9. The lowest BCUT2D eigenvalue weighted by Crippen LogP contribution is -2.57. The van der Waals surface area contributed by atoms with Crippen molar-refractivity contribution < 1.29 is 13.2 Å². The topological polar surface area (TPSA) is 67.2 Å². The van der Waals surface area contributed by atoms with E-state index in [2.05, 4.69) is 6.07 Å². The second kappa shape index (κ2) is 4.82. The summed E-state index contributed by atoms with van der Waals surface area (Å²) in [5.74, 6) is 0. The van der Waals surface area contributed by atoms with Gasteiger partial charge in [-0.3, -0.25) is 0 Å². The van der Waals surface area contributed by atoms with Crippen LogP contribution in [0.1, 0.15) is 31.2 Å². The van der Waals surface area contributed by atoms with Crippen LogP contribution in [-0.2, 0) is 14.6 Å². The van der Waals surface area contributed by atoms with Gasteiger partial charge in [-0.2, -0.15) is 5.26 Å². The molecule has 1 aromatic carbocycles. The highest BCUT2D eigenvalue weighted by atomic mass is 32.2. The number of nitriles is 1. The monoisotopic (exact) mass is 305 g/mol. The Bertz CT molecular complexity index is 671. The molecule has 0 atom stereocenters. The summed E-state index contributed by atoms with van der Waals surface area (Å²) in [4.78, 5) is 0.261. The lowest BCUT2D eigenvalue weighted by molar-refractivity contribution is -0.0382. The number of hydrogen-bond donors (Lipinski definition) is 0. The predicted octanol–water partition coefficient (Wildman–Crippen LogP) is 2.62. The minimum absolute atomic E-state index is 0.00819. The number of aryl methyl sites for hydroxylation is 1. The summed E-state index contributed by atoms with van der Waals surface area (Å²) in [5.41, 5.74) is 1.00. The molecule has 0 bridgehead atoms. The third-order valence-corrected chi connectivity index (χ3v) is 7.23. The molecular formula is C16H19NO3S. The molecular weight excluding hydrogens is 286 g/mol. The van der Waals surface area contributed by atoms with Crippen molar-refractivity contribution >= 4 is 9.84 Å². The van der Waals surface area contributed by atoms with Crippen molar-refractivity contribution in [1.29, 1.82) is 5.26 Å². The highest BCUT2D eigenvalue weighted by Crippen LogP contribution is 2.58. The highest BCUT2D eigenvalue weighted by Gasteiger charge is 2.62. The number of sulfone groups is 1. The van der Waals surface area contributed by atoms with Crippen molar-refractivity contribution in [2.45, 2.75) is 42.2 Å². The second-order valence-electron chi connectivity index (χ2n) is 6.39. The number of benzene rings is 1. The molecule has 1 aliphatic carbocycles. The molecule has 0 amide bonds. The van der Waals surface area contributed by atoms with Crippen LogP contribution in [0.15, 0.2) is 29.2 Å². The molecule has 0 N–H and O–H groups in total. The molecule has 1 aromatic rings. The van der Waals surface area contributed by atoms with Crippen molar-refractivity contribution in [2.75, 3.05) is 13.2 Å². The Morgan fingerprint density at radius 3 is 2.24 bits per heavy atom. The van der Waals surface area contributed by atoms with E-state index >= 15 is 0 Å². The van der Waals surface area contributed by atoms with Gasteiger partial charge in [-0.05, 0) is 50.2 Å². The minimum atomic E-state index is -3.61. The van der Waals surface area contributed by atoms with Gasteiger partial charge in [-0.1, -0.05) is 17.7 Å². The first-order valence-electron chi connectivity index (χ1n) is 7.24. The van der Waals surface area contributed by atoms with E-state index in [0.29, 0.717) is 26.1 Å². The molecule has 1 heterocycles. The molecule has 2 fully saturated rings. The molecule has 4 nitrogen and oxygen atoms in total. The van der Waals surface area contributed by atoms with Gasteiger partial charge >= 0.3 is 0 Å². The van der Waals surface area contributed by atoms with Gasteiger partial charge in [0.15, 0.2) is 14.6 Å². The van der Waals surface area contributed by atoms with Crippen LogP contribution in [0.2, 0.25) is 0 Å². The molecule has 0 radical (unpaired) electrons. The van der Waals surface area contributed by atoms with Gasteiger partial charge in [0.05, 0.1) is 11.0 Å². The summed E-state index contributed by atoms with van der Waals surface area (Å²) in [6, 6.07) is 8.89. The number of ether oxygens (including phenoxy) is 1. The van der Waals surface area contributed by atoms with E-state index in [4.69, 9.17) is 4.74 Å². The van der Waals surface area contributed by atoms with E-state index in [1.807, 2.05) is 6.92 Å². The first-order valence-corrected chi connectivity index (χ1v) is 8.72. The summed E-state index contributed by atoms with van der Waals surface area (Å²) in [6.45, 7) is 3.26. The Morgan fingerprint density at radius 1 is 1.14 bits per heavy atom. The largest absolute Gasteiger partial charge is 0.381 e. The van der Waals surface area contributed by atoms with Gasteiger partial charge in [-0.15, -0.1) is 0 Å². The molecule has 3 rings (SSSR count). The normalized spacial score (nSPS) is 23.2. The van der Waals surface area contributed by atoms with E-state index < -0.39 is 14.6 Å². The van der Waals surface area contributed by atoms with Crippen molar-refractivity contribution in [3.8, 4) is 6.07 Å². The quantitative estimate of drug-likeness (QED) is 0.842. The summed E-state index contributed by atoms with van der Waals surface area (Å²) in [7, 11) is -3.61. The molecule has 1 aliphatic heterocycles. The van der Waals surface area contributed by atoms with Gasteiger partial charge in [0.25, 0.3) is 0 Å². The van der Waals surface area contributed by atoms with E-state index in [0.717, 1.165) is 18.4 Å². The summed E-state index contributed by atoms with van der Waals surface area (Å²) in [6.07, 6.45) is 2.60. The van der Waals surface area contributed by atoms with Gasteiger partial charge < -0.3 is 4.74 Å². The predicted molar refractivity (Wildman–Crippen MR) is 78.4 cm³/mol. The SMILES string of the molecule is Cc1ccc(S(=O)(=O)C2(C#N)CC3(CCOCC3)C2)cc1. The molecule has 1 saturated heterocycles. The third kappa shape index (κ3) is 2.18. The molecule has 21 heavy (non-hydrogen) atoms. The average molecular weight is 305 g/mol. The lowest BCUT2D eigenvalue weighted by Gasteiger charge is -2.53. The Morgan fingerprint density at radius 2 is 1.71 bits per heavy atom. The van der Waals surface area contributed by atoms with Crippen LogP contribution < -0.4 is 0 Å². The molecule has 0 aromatic heterocycles. The fraction of sp³-hybridized carbons (Fsp3) is 0.562. The van der Waals surface area contributed by atoms with Crippen LogP contribution in [0, 0.1) is 23.7 Å². The maximum atomic E-state index is 12.9. The molecule has 5 heteroatoms. The average Bonchev–Trinajstić information content (AvgIpc) is 2.45. The van der Waals surface area contributed by atoms with Crippen LogP contribution in [-0.4, -0.2) is 26.4 Å². The molecule has 112 valence electrons. The first kappa shape index (κ1) is 14.6. The highest BCUT2D eigenvalue weighted by molar-refractivity contribution is 7.93. The van der Waals surface area contributed by atoms with Gasteiger partial charge in [0, 0.05) is 13.2 Å². The van der Waals surface area contributed by atoms with Crippen molar-refractivity contribution in [2.24, 2.45) is 5.41 Å². The maximum Gasteiger partial charge on any atom is 0.197 e. The van der Waals surface area contributed by atoms with Crippen molar-refractivity contribution in [3.05, 3.63) is 29.8 Å². The number of hydrogen-bond acceptors (Lipinski definition) is 4. The van der Waals surface area contributed by atoms with E-state index in [-0.39, 0.29) is 10.3 Å². The van der Waals surface area contributed by atoms with Gasteiger partial charge in [0.1, 0.15) is 0 Å². The number of rotatable bonds is 2. The summed E-state index contributed by atoms with van der Waals surface area (Å²) >= 11 is 0. The minimum Gasteiger partial charge on any atom is -0.381 e. The first-order chi connectivity index (χ1) is 9.93. The van der Waals surface area contributed by atoms with Crippen molar-refractivity contribution in [3.63, 3.8) is 0 Å². The van der Waals surface area contributed by atoms with Crippen molar-refractivity contribution in [1.82, 2.24) is 0 Å². The molecule has 2 aliphatic rings. The maximum absolute atomic E-state index is 12.9. The molecule has 1 saturated carbocycles. The fourth-order valence-corrected chi connectivity index (χ4v) is 5.65. The number of nitrogens with zero attached hydrogens (tertiary/aromatic N) is 1. The summed E-state index contributed by atoms with van der Waals surface area (Å²) < 4.78 is 29.8. The second-order valence-corrected chi connectivity index (χ2v) is 8.65. The fourth-order valence-electron chi connectivity index (χ4n) is 3.59. The Balaban J connectivity index is 1.91. The standard InChI is InChI=1S/C16H19NO3S/c1-13-2-4-14(5-3-13)21(18,19)16(12-17)10-15(11-16)6-8-20-9-7-15/h2-5H,6-11H2,1H3. The zero-order chi connectivity index (χ0) is 15.1. The third-order valence-electron chi connectivity index (χ3n) is 4.92. The molecule has 0 unspecified atom stereocenters. The van der Waals surface area contributed by atoms with Crippen LogP contribution in [0.4, 0.5) is 0 Å². The molecule has 1 spiro atoms. The van der Waals surface area contributed by atoms with E-state index in [1.165, 1.54) is 0 Å². The van der Waals surface area contributed by atoms with Gasteiger partial charge in [-0.25, -0.2) is 8.42 Å². The Hall–Kier alpha value is -1.38. The van der Waals surface area contributed by atoms with E-state index in [9.17, 15) is 13.7 Å². The van der Waals surface area contributed by atoms with Crippen LogP contribution in [0.25, 0.3) is 0 Å². The van der Waals surface area contributed by atoms with Crippen LogP contribution >= 0.6 is 0 Å². The lowest BCUT2D eigenvalue weighted by atomic mass is 9.58. The Labute approximate surface area is 125 Å². The zero-order valence-electron chi connectivity index (χ0n) is 12.1.